The molecule has 3 aromatic rings. The fourth-order valence-electron chi connectivity index (χ4n) is 2.62. The number of rotatable bonds is 6. The summed E-state index contributed by atoms with van der Waals surface area (Å²) in [6.07, 6.45) is 3.49. The van der Waals surface area contributed by atoms with Gasteiger partial charge in [-0.15, -0.1) is 12.4 Å². The molecule has 3 rings (SSSR count). The first-order chi connectivity index (χ1) is 13.4. The first-order valence-corrected chi connectivity index (χ1v) is 10.1. The summed E-state index contributed by atoms with van der Waals surface area (Å²) in [5.41, 5.74) is 1.15. The molecule has 0 bridgehead atoms. The van der Waals surface area contributed by atoms with Crippen molar-refractivity contribution in [3.8, 4) is 0 Å². The molecule has 0 spiro atoms. The second-order valence-corrected chi connectivity index (χ2v) is 7.82. The molecule has 0 aliphatic heterocycles. The van der Waals surface area contributed by atoms with Crippen LogP contribution in [0.25, 0.3) is 0 Å². The average molecular weight is 471 g/mol. The van der Waals surface area contributed by atoms with Gasteiger partial charge in [0.15, 0.2) is 10.9 Å². The van der Waals surface area contributed by atoms with Crippen molar-refractivity contribution < 1.29 is 9.59 Å². The predicted octanol–water partition coefficient (Wildman–Crippen LogP) is 5.13. The van der Waals surface area contributed by atoms with E-state index >= 15 is 0 Å². The topological polar surface area (TPSA) is 55.2 Å². The Bertz CT molecular complexity index is 1040. The maximum atomic E-state index is 13.1. The van der Waals surface area contributed by atoms with Crippen molar-refractivity contribution in [2.75, 3.05) is 17.7 Å². The number of carbonyl (C=O) groups is 2. The minimum Gasteiger partial charge on any atom is -0.329 e. The number of hydrogen-bond donors (Lipinski definition) is 0. The Morgan fingerprint density at radius 1 is 1.14 bits per heavy atom. The van der Waals surface area contributed by atoms with E-state index in [1.807, 2.05) is 17.8 Å². The number of thioether (sulfide) groups is 1. The Morgan fingerprint density at radius 3 is 2.52 bits per heavy atom. The molecule has 0 aliphatic carbocycles. The molecule has 9 heteroatoms. The van der Waals surface area contributed by atoms with Gasteiger partial charge < -0.3 is 9.47 Å². The van der Waals surface area contributed by atoms with Gasteiger partial charge in [-0.25, -0.2) is 4.98 Å². The number of imidazole rings is 1. The molecule has 0 fully saturated rings. The van der Waals surface area contributed by atoms with E-state index in [-0.39, 0.29) is 29.9 Å². The van der Waals surface area contributed by atoms with Crippen molar-refractivity contribution in [1.29, 1.82) is 0 Å². The Hall–Kier alpha value is -1.99. The minimum atomic E-state index is -0.292. The summed E-state index contributed by atoms with van der Waals surface area (Å²) in [4.78, 5) is 31.4. The van der Waals surface area contributed by atoms with Gasteiger partial charge in [-0.3, -0.25) is 9.59 Å². The molecule has 1 aromatic heterocycles. The summed E-state index contributed by atoms with van der Waals surface area (Å²) >= 11 is 13.6. The molecule has 0 saturated carbocycles. The number of aromatic nitrogens is 2. The second kappa shape index (κ2) is 10.2. The van der Waals surface area contributed by atoms with E-state index in [0.717, 1.165) is 5.16 Å². The summed E-state index contributed by atoms with van der Waals surface area (Å²) in [6.45, 7) is 0. The standard InChI is InChI=1S/C20H17Cl2N3O2S.ClH/c1-24-10-9-23-20(24)28-12-18(26)25(2)17-8-7-13(21)11-15(17)19(27)14-5-3-4-6-16(14)22;/h3-11H,12H2,1-2H3;1H. The van der Waals surface area contributed by atoms with E-state index in [4.69, 9.17) is 23.2 Å². The number of nitrogens with zero attached hydrogens (tertiary/aromatic N) is 3. The van der Waals surface area contributed by atoms with Crippen molar-refractivity contribution in [3.63, 3.8) is 0 Å². The number of hydrogen-bond acceptors (Lipinski definition) is 4. The molecule has 1 amide bonds. The molecule has 1 heterocycles. The number of anilines is 1. The van der Waals surface area contributed by atoms with Crippen LogP contribution in [0.3, 0.4) is 0 Å². The summed E-state index contributed by atoms with van der Waals surface area (Å²) in [6, 6.07) is 11.7. The number of aryl methyl sites for hydroxylation is 1. The van der Waals surface area contributed by atoms with Crippen molar-refractivity contribution in [3.05, 3.63) is 76.0 Å². The molecular formula is C20H18Cl3N3O2S. The van der Waals surface area contributed by atoms with Crippen molar-refractivity contribution >= 4 is 64.7 Å². The lowest BCUT2D eigenvalue weighted by atomic mass is 10.0. The molecule has 29 heavy (non-hydrogen) atoms. The Kier molecular flexibility index (Phi) is 8.16. The third-order valence-electron chi connectivity index (χ3n) is 4.16. The van der Waals surface area contributed by atoms with Crippen LogP contribution in [0.15, 0.2) is 60.0 Å². The highest BCUT2D eigenvalue weighted by Gasteiger charge is 2.22. The van der Waals surface area contributed by atoms with E-state index in [2.05, 4.69) is 4.98 Å². The number of halogens is 3. The smallest absolute Gasteiger partial charge is 0.237 e. The largest absolute Gasteiger partial charge is 0.329 e. The fourth-order valence-corrected chi connectivity index (χ4v) is 3.86. The van der Waals surface area contributed by atoms with Gasteiger partial charge in [0.25, 0.3) is 0 Å². The zero-order valence-electron chi connectivity index (χ0n) is 15.6. The second-order valence-electron chi connectivity index (χ2n) is 6.03. The molecule has 0 saturated heterocycles. The molecule has 0 N–H and O–H groups in total. The Morgan fingerprint density at radius 2 is 1.86 bits per heavy atom. The van der Waals surface area contributed by atoms with E-state index < -0.39 is 0 Å². The summed E-state index contributed by atoms with van der Waals surface area (Å²) in [5.74, 6) is -0.271. The lowest BCUT2D eigenvalue weighted by molar-refractivity contribution is -0.115. The van der Waals surface area contributed by atoms with Crippen LogP contribution in [0, 0.1) is 0 Å². The Balaban J connectivity index is 0.00000300. The zero-order valence-corrected chi connectivity index (χ0v) is 18.8. The summed E-state index contributed by atoms with van der Waals surface area (Å²) in [7, 11) is 3.50. The van der Waals surface area contributed by atoms with E-state index in [0.29, 0.717) is 26.9 Å². The quantitative estimate of drug-likeness (QED) is 0.370. The maximum absolute atomic E-state index is 13.1. The van der Waals surface area contributed by atoms with Gasteiger partial charge in [-0.2, -0.15) is 0 Å². The molecule has 5 nitrogen and oxygen atoms in total. The fraction of sp³-hybridized carbons (Fsp3) is 0.150. The van der Waals surface area contributed by atoms with Crippen LogP contribution in [0.1, 0.15) is 15.9 Å². The Labute approximate surface area is 189 Å². The number of carbonyl (C=O) groups excluding carboxylic acids is 2. The van der Waals surface area contributed by atoms with Crippen molar-refractivity contribution in [2.45, 2.75) is 5.16 Å². The highest BCUT2D eigenvalue weighted by Crippen LogP contribution is 2.29. The van der Waals surface area contributed by atoms with Gasteiger partial charge in [0, 0.05) is 42.6 Å². The molecular weight excluding hydrogens is 453 g/mol. The maximum Gasteiger partial charge on any atom is 0.237 e. The van der Waals surface area contributed by atoms with Crippen LogP contribution in [0.4, 0.5) is 5.69 Å². The minimum absolute atomic E-state index is 0. The van der Waals surface area contributed by atoms with Crippen LogP contribution in [0.5, 0.6) is 0 Å². The van der Waals surface area contributed by atoms with Crippen LogP contribution >= 0.6 is 47.4 Å². The first kappa shape index (κ1) is 23.3. The highest BCUT2D eigenvalue weighted by molar-refractivity contribution is 7.99. The lowest BCUT2D eigenvalue weighted by Gasteiger charge is -2.20. The van der Waals surface area contributed by atoms with Crippen LogP contribution in [-0.4, -0.2) is 34.0 Å². The van der Waals surface area contributed by atoms with E-state index in [9.17, 15) is 9.59 Å². The van der Waals surface area contributed by atoms with Gasteiger partial charge in [0.1, 0.15) is 0 Å². The zero-order chi connectivity index (χ0) is 20.3. The van der Waals surface area contributed by atoms with Crippen LogP contribution < -0.4 is 4.90 Å². The number of amides is 1. The van der Waals surface area contributed by atoms with Gasteiger partial charge in [-0.1, -0.05) is 47.1 Å². The molecule has 0 atom stereocenters. The number of benzene rings is 2. The predicted molar refractivity (Wildman–Crippen MR) is 121 cm³/mol. The molecule has 0 radical (unpaired) electrons. The van der Waals surface area contributed by atoms with Crippen LogP contribution in [-0.2, 0) is 11.8 Å². The van der Waals surface area contributed by atoms with Gasteiger partial charge >= 0.3 is 0 Å². The monoisotopic (exact) mass is 469 g/mol. The lowest BCUT2D eigenvalue weighted by Crippen LogP contribution is -2.29. The molecule has 152 valence electrons. The van der Waals surface area contributed by atoms with Crippen molar-refractivity contribution in [1.82, 2.24) is 9.55 Å². The normalized spacial score (nSPS) is 10.3. The average Bonchev–Trinajstić information content (AvgIpc) is 3.10. The van der Waals surface area contributed by atoms with Gasteiger partial charge in [0.05, 0.1) is 16.5 Å². The van der Waals surface area contributed by atoms with Gasteiger partial charge in [-0.05, 0) is 30.3 Å². The van der Waals surface area contributed by atoms with Crippen molar-refractivity contribution in [2.24, 2.45) is 7.05 Å². The highest BCUT2D eigenvalue weighted by atomic mass is 35.5. The number of ketones is 1. The molecule has 0 aliphatic rings. The molecule has 0 unspecified atom stereocenters. The van der Waals surface area contributed by atoms with E-state index in [1.165, 1.54) is 16.7 Å². The third kappa shape index (κ3) is 5.34. The summed E-state index contributed by atoms with van der Waals surface area (Å²) in [5, 5.41) is 1.49. The summed E-state index contributed by atoms with van der Waals surface area (Å²) < 4.78 is 1.84. The first-order valence-electron chi connectivity index (χ1n) is 8.34. The van der Waals surface area contributed by atoms with Gasteiger partial charge in [0.2, 0.25) is 5.91 Å². The SMILES string of the molecule is CN(C(=O)CSc1nccn1C)c1ccc(Cl)cc1C(=O)c1ccccc1Cl.Cl. The van der Waals surface area contributed by atoms with Crippen LogP contribution in [0.2, 0.25) is 10.0 Å². The van der Waals surface area contributed by atoms with E-state index in [1.54, 1.807) is 55.7 Å². The third-order valence-corrected chi connectivity index (χ3v) is 5.77. The molecule has 2 aromatic carbocycles.